The van der Waals surface area contributed by atoms with Gasteiger partial charge < -0.3 is 0 Å². The number of imide groups is 1. The molecule has 3 rings (SSSR count). The summed E-state index contributed by atoms with van der Waals surface area (Å²) in [5.74, 6) is -0.298. The van der Waals surface area contributed by atoms with E-state index in [9.17, 15) is 9.59 Å². The van der Waals surface area contributed by atoms with E-state index in [0.717, 1.165) is 5.56 Å². The Labute approximate surface area is 110 Å². The van der Waals surface area contributed by atoms with Crippen molar-refractivity contribution in [2.75, 3.05) is 4.90 Å². The zero-order chi connectivity index (χ0) is 13.2. The van der Waals surface area contributed by atoms with E-state index in [2.05, 4.69) is 5.10 Å². The third-order valence-electron chi connectivity index (χ3n) is 3.12. The van der Waals surface area contributed by atoms with Crippen molar-refractivity contribution in [3.8, 4) is 0 Å². The van der Waals surface area contributed by atoms with Gasteiger partial charge in [0.15, 0.2) is 0 Å². The normalized spacial score (nSPS) is 15.3. The molecule has 5 nitrogen and oxygen atoms in total. The second-order valence-electron chi connectivity index (χ2n) is 4.50. The number of rotatable bonds is 3. The number of benzene rings is 1. The molecule has 1 aliphatic rings. The van der Waals surface area contributed by atoms with E-state index in [1.807, 2.05) is 30.3 Å². The second kappa shape index (κ2) is 4.68. The van der Waals surface area contributed by atoms with Gasteiger partial charge in [-0.15, -0.1) is 0 Å². The average molecular weight is 255 g/mol. The third-order valence-corrected chi connectivity index (χ3v) is 3.12. The molecule has 0 N–H and O–H groups in total. The minimum atomic E-state index is -0.149. The Balaban J connectivity index is 1.80. The first-order valence-corrected chi connectivity index (χ1v) is 6.16. The van der Waals surface area contributed by atoms with Gasteiger partial charge in [-0.1, -0.05) is 30.3 Å². The number of nitrogens with zero attached hydrogens (tertiary/aromatic N) is 3. The molecule has 1 fully saturated rings. The first kappa shape index (κ1) is 11.6. The van der Waals surface area contributed by atoms with Crippen LogP contribution in [0.1, 0.15) is 18.4 Å². The summed E-state index contributed by atoms with van der Waals surface area (Å²) in [6.45, 7) is 0.622. The van der Waals surface area contributed by atoms with E-state index < -0.39 is 0 Å². The van der Waals surface area contributed by atoms with Gasteiger partial charge in [-0.3, -0.25) is 14.3 Å². The van der Waals surface area contributed by atoms with Crippen LogP contribution in [0, 0.1) is 0 Å². The van der Waals surface area contributed by atoms with Crippen molar-refractivity contribution in [3.63, 3.8) is 0 Å². The lowest BCUT2D eigenvalue weighted by atomic mass is 10.2. The van der Waals surface area contributed by atoms with Crippen LogP contribution in [-0.2, 0) is 16.1 Å². The number of anilines is 1. The molecule has 0 atom stereocenters. The molecule has 2 aromatic rings. The van der Waals surface area contributed by atoms with Gasteiger partial charge in [0.1, 0.15) is 0 Å². The van der Waals surface area contributed by atoms with Crippen LogP contribution < -0.4 is 4.90 Å². The summed E-state index contributed by atoms with van der Waals surface area (Å²) in [7, 11) is 0. The van der Waals surface area contributed by atoms with Crippen LogP contribution in [0.5, 0.6) is 0 Å². The van der Waals surface area contributed by atoms with Gasteiger partial charge in [0.2, 0.25) is 11.8 Å². The summed E-state index contributed by atoms with van der Waals surface area (Å²) in [4.78, 5) is 24.5. The van der Waals surface area contributed by atoms with Crippen LogP contribution in [0.3, 0.4) is 0 Å². The van der Waals surface area contributed by atoms with Crippen molar-refractivity contribution in [2.24, 2.45) is 0 Å². The van der Waals surface area contributed by atoms with Crippen molar-refractivity contribution in [1.29, 1.82) is 0 Å². The number of carbonyl (C=O) groups excluding carboxylic acids is 2. The molecule has 2 amide bonds. The fourth-order valence-electron chi connectivity index (χ4n) is 2.19. The second-order valence-corrected chi connectivity index (χ2v) is 4.50. The number of carbonyl (C=O) groups is 2. The minimum absolute atomic E-state index is 0.149. The van der Waals surface area contributed by atoms with Gasteiger partial charge in [0, 0.05) is 19.0 Å². The van der Waals surface area contributed by atoms with Crippen LogP contribution in [0.2, 0.25) is 0 Å². The van der Waals surface area contributed by atoms with Crippen LogP contribution >= 0.6 is 0 Å². The minimum Gasteiger partial charge on any atom is -0.274 e. The van der Waals surface area contributed by atoms with Crippen LogP contribution in [0.25, 0.3) is 0 Å². The summed E-state index contributed by atoms with van der Waals surface area (Å²) in [6.07, 6.45) is 3.88. The van der Waals surface area contributed by atoms with Crippen molar-refractivity contribution >= 4 is 17.5 Å². The molecule has 0 unspecified atom stereocenters. The predicted molar refractivity (Wildman–Crippen MR) is 69.5 cm³/mol. The zero-order valence-corrected chi connectivity index (χ0v) is 10.3. The van der Waals surface area contributed by atoms with E-state index in [1.54, 1.807) is 17.1 Å². The maximum atomic E-state index is 11.6. The van der Waals surface area contributed by atoms with Gasteiger partial charge in [-0.25, -0.2) is 4.90 Å². The molecule has 0 bridgehead atoms. The molecule has 19 heavy (non-hydrogen) atoms. The molecule has 0 radical (unpaired) electrons. The Morgan fingerprint density at radius 2 is 1.74 bits per heavy atom. The van der Waals surface area contributed by atoms with E-state index in [0.29, 0.717) is 25.1 Å². The maximum absolute atomic E-state index is 11.6. The van der Waals surface area contributed by atoms with Crippen LogP contribution in [0.4, 0.5) is 5.69 Å². The van der Waals surface area contributed by atoms with E-state index in [4.69, 9.17) is 0 Å². The molecule has 1 saturated heterocycles. The number of aromatic nitrogens is 2. The number of hydrogen-bond acceptors (Lipinski definition) is 3. The standard InChI is InChI=1S/C14H13N3O2/c18-13-6-7-14(19)17(13)12-8-15-16(10-12)9-11-4-2-1-3-5-11/h1-5,8,10H,6-7,9H2. The van der Waals surface area contributed by atoms with E-state index in [1.165, 1.54) is 4.90 Å². The number of amides is 2. The number of hydrogen-bond donors (Lipinski definition) is 0. The first-order valence-electron chi connectivity index (χ1n) is 6.16. The molecule has 5 heteroatoms. The highest BCUT2D eigenvalue weighted by Gasteiger charge is 2.31. The van der Waals surface area contributed by atoms with Crippen molar-refractivity contribution in [3.05, 3.63) is 48.3 Å². The molecule has 1 aromatic carbocycles. The van der Waals surface area contributed by atoms with Gasteiger partial charge >= 0.3 is 0 Å². The van der Waals surface area contributed by atoms with E-state index in [-0.39, 0.29) is 11.8 Å². The predicted octanol–water partition coefficient (Wildman–Crippen LogP) is 1.58. The molecule has 2 heterocycles. The lowest BCUT2D eigenvalue weighted by molar-refractivity contribution is -0.121. The van der Waals surface area contributed by atoms with Gasteiger partial charge in [-0.2, -0.15) is 5.10 Å². The van der Waals surface area contributed by atoms with Crippen LogP contribution in [-0.4, -0.2) is 21.6 Å². The van der Waals surface area contributed by atoms with Gasteiger partial charge in [0.25, 0.3) is 0 Å². The molecule has 0 saturated carbocycles. The molecule has 0 aliphatic carbocycles. The highest BCUT2D eigenvalue weighted by molar-refractivity contribution is 6.19. The first-order chi connectivity index (χ1) is 9.24. The lowest BCUT2D eigenvalue weighted by Gasteiger charge is -2.09. The molecule has 1 aromatic heterocycles. The quantitative estimate of drug-likeness (QED) is 0.782. The fourth-order valence-corrected chi connectivity index (χ4v) is 2.19. The summed E-state index contributed by atoms with van der Waals surface area (Å²) < 4.78 is 1.73. The summed E-state index contributed by atoms with van der Waals surface area (Å²) in [5.41, 5.74) is 1.68. The monoisotopic (exact) mass is 255 g/mol. The molecule has 0 spiro atoms. The van der Waals surface area contributed by atoms with E-state index >= 15 is 0 Å². The Morgan fingerprint density at radius 3 is 2.42 bits per heavy atom. The Morgan fingerprint density at radius 1 is 1.05 bits per heavy atom. The van der Waals surface area contributed by atoms with Crippen molar-refractivity contribution in [2.45, 2.75) is 19.4 Å². The van der Waals surface area contributed by atoms with Gasteiger partial charge in [-0.05, 0) is 5.56 Å². The summed E-state index contributed by atoms with van der Waals surface area (Å²) >= 11 is 0. The SMILES string of the molecule is O=C1CCC(=O)N1c1cnn(Cc2ccccc2)c1. The third kappa shape index (κ3) is 2.27. The zero-order valence-electron chi connectivity index (χ0n) is 10.3. The van der Waals surface area contributed by atoms with Crippen molar-refractivity contribution < 1.29 is 9.59 Å². The molecular weight excluding hydrogens is 242 g/mol. The average Bonchev–Trinajstić information content (AvgIpc) is 2.98. The van der Waals surface area contributed by atoms with Gasteiger partial charge in [0.05, 0.1) is 18.4 Å². The van der Waals surface area contributed by atoms with Crippen molar-refractivity contribution in [1.82, 2.24) is 9.78 Å². The Kier molecular flexibility index (Phi) is 2.87. The smallest absolute Gasteiger partial charge is 0.234 e. The summed E-state index contributed by atoms with van der Waals surface area (Å²) in [5, 5.41) is 4.20. The molecule has 1 aliphatic heterocycles. The highest BCUT2D eigenvalue weighted by Crippen LogP contribution is 2.21. The Bertz CT molecular complexity index is 603. The van der Waals surface area contributed by atoms with Crippen LogP contribution in [0.15, 0.2) is 42.7 Å². The molecule has 96 valence electrons. The maximum Gasteiger partial charge on any atom is 0.234 e. The largest absolute Gasteiger partial charge is 0.274 e. The Hall–Kier alpha value is -2.43. The highest BCUT2D eigenvalue weighted by atomic mass is 16.2. The summed E-state index contributed by atoms with van der Waals surface area (Å²) in [6, 6.07) is 9.90. The fraction of sp³-hybridized carbons (Fsp3) is 0.214. The lowest BCUT2D eigenvalue weighted by Crippen LogP contribution is -2.28. The topological polar surface area (TPSA) is 55.2 Å². The molecular formula is C14H13N3O2.